The molecule has 0 amide bonds. The minimum absolute atomic E-state index is 0. The van der Waals surface area contributed by atoms with Gasteiger partial charge >= 0.3 is 0 Å². The molecular weight excluding hydrogens is 290 g/mol. The number of ether oxygens (including phenoxy) is 1. The van der Waals surface area contributed by atoms with Gasteiger partial charge in [0.25, 0.3) is 0 Å². The van der Waals surface area contributed by atoms with Crippen LogP contribution in [-0.4, -0.2) is 19.8 Å². The van der Waals surface area contributed by atoms with Gasteiger partial charge in [-0.1, -0.05) is 64.7 Å². The van der Waals surface area contributed by atoms with Crippen molar-refractivity contribution in [2.24, 2.45) is 5.73 Å². The molecule has 0 aromatic rings. The Hall–Kier alpha value is 0.400. The first-order valence-electron chi connectivity index (χ1n) is 7.69. The smallest absolute Gasteiger partial charge is 0.0478 e. The Balaban J connectivity index is 0. The van der Waals surface area contributed by atoms with Crippen LogP contribution in [-0.2, 0) is 4.74 Å². The molecule has 0 spiro atoms. The Morgan fingerprint density at radius 1 is 0.667 bits per heavy atom. The quantitative estimate of drug-likeness (QED) is 0.464. The van der Waals surface area contributed by atoms with Crippen molar-refractivity contribution in [3.05, 3.63) is 0 Å². The van der Waals surface area contributed by atoms with Gasteiger partial charge in [-0.3, -0.25) is 0 Å². The van der Waals surface area contributed by atoms with Gasteiger partial charge in [-0.2, -0.15) is 0 Å². The lowest BCUT2D eigenvalue weighted by Gasteiger charge is -2.03. The zero-order valence-corrected chi connectivity index (χ0v) is 14.0. The standard InChI is InChI=1S/C15H33NO.BrH/c1-2-3-4-5-6-7-8-9-10-11-14-17-15-12-13-16;/h2-16H2,1H3;1H. The van der Waals surface area contributed by atoms with Crippen LogP contribution in [0.5, 0.6) is 0 Å². The molecule has 0 fully saturated rings. The minimum atomic E-state index is 0. The van der Waals surface area contributed by atoms with Crippen LogP contribution >= 0.6 is 17.0 Å². The topological polar surface area (TPSA) is 35.2 Å². The van der Waals surface area contributed by atoms with E-state index in [9.17, 15) is 0 Å². The molecule has 0 saturated carbocycles. The summed E-state index contributed by atoms with van der Waals surface area (Å²) in [5, 5.41) is 0. The van der Waals surface area contributed by atoms with Crippen LogP contribution in [0, 0.1) is 0 Å². The van der Waals surface area contributed by atoms with Crippen LogP contribution in [0.3, 0.4) is 0 Å². The summed E-state index contributed by atoms with van der Waals surface area (Å²) >= 11 is 0. The first-order chi connectivity index (χ1) is 8.41. The van der Waals surface area contributed by atoms with Gasteiger partial charge in [-0.25, -0.2) is 0 Å². The van der Waals surface area contributed by atoms with E-state index in [4.69, 9.17) is 10.5 Å². The SMILES string of the molecule is Br.CCCCCCCCCCCCOCCCN. The number of unbranched alkanes of at least 4 members (excludes halogenated alkanes) is 9. The molecule has 0 atom stereocenters. The Bertz CT molecular complexity index is 120. The Morgan fingerprint density at radius 2 is 1.11 bits per heavy atom. The highest BCUT2D eigenvalue weighted by Gasteiger charge is 1.93. The third-order valence-electron chi connectivity index (χ3n) is 3.14. The van der Waals surface area contributed by atoms with Crippen LogP contribution < -0.4 is 5.73 Å². The van der Waals surface area contributed by atoms with Gasteiger partial charge in [0.2, 0.25) is 0 Å². The predicted octanol–water partition coefficient (Wildman–Crippen LogP) is 4.85. The third-order valence-corrected chi connectivity index (χ3v) is 3.14. The molecule has 0 aliphatic heterocycles. The number of hydrogen-bond acceptors (Lipinski definition) is 2. The van der Waals surface area contributed by atoms with E-state index in [2.05, 4.69) is 6.92 Å². The average molecular weight is 324 g/mol. The molecule has 0 aromatic carbocycles. The van der Waals surface area contributed by atoms with Crippen molar-refractivity contribution in [1.29, 1.82) is 0 Å². The molecule has 0 heterocycles. The van der Waals surface area contributed by atoms with Gasteiger partial charge in [0, 0.05) is 13.2 Å². The lowest BCUT2D eigenvalue weighted by atomic mass is 10.1. The van der Waals surface area contributed by atoms with Crippen molar-refractivity contribution in [3.8, 4) is 0 Å². The largest absolute Gasteiger partial charge is 0.381 e. The van der Waals surface area contributed by atoms with Gasteiger partial charge in [0.1, 0.15) is 0 Å². The molecule has 0 unspecified atom stereocenters. The van der Waals surface area contributed by atoms with E-state index in [1.165, 1.54) is 64.2 Å². The predicted molar refractivity (Wildman–Crippen MR) is 86.7 cm³/mol. The van der Waals surface area contributed by atoms with E-state index < -0.39 is 0 Å². The average Bonchev–Trinajstić information content (AvgIpc) is 2.35. The molecule has 112 valence electrons. The van der Waals surface area contributed by atoms with Crippen LogP contribution in [0.1, 0.15) is 77.6 Å². The second-order valence-corrected chi connectivity index (χ2v) is 4.94. The molecule has 2 N–H and O–H groups in total. The fraction of sp³-hybridized carbons (Fsp3) is 1.00. The maximum absolute atomic E-state index is 5.47. The van der Waals surface area contributed by atoms with E-state index in [1.807, 2.05) is 0 Å². The second-order valence-electron chi connectivity index (χ2n) is 4.94. The molecule has 0 aromatic heterocycles. The van der Waals surface area contributed by atoms with Gasteiger partial charge < -0.3 is 10.5 Å². The molecule has 0 rings (SSSR count). The Morgan fingerprint density at radius 3 is 1.61 bits per heavy atom. The maximum atomic E-state index is 5.47. The zero-order valence-electron chi connectivity index (χ0n) is 12.3. The summed E-state index contributed by atoms with van der Waals surface area (Å²) in [6, 6.07) is 0. The summed E-state index contributed by atoms with van der Waals surface area (Å²) in [5.41, 5.74) is 5.39. The molecule has 18 heavy (non-hydrogen) atoms. The fourth-order valence-electron chi connectivity index (χ4n) is 1.98. The molecule has 2 nitrogen and oxygen atoms in total. The zero-order chi connectivity index (χ0) is 12.6. The number of halogens is 1. The number of nitrogens with two attached hydrogens (primary N) is 1. The summed E-state index contributed by atoms with van der Waals surface area (Å²) in [6.45, 7) is 4.79. The summed E-state index contributed by atoms with van der Waals surface area (Å²) < 4.78 is 5.47. The highest BCUT2D eigenvalue weighted by Crippen LogP contribution is 2.10. The highest BCUT2D eigenvalue weighted by molar-refractivity contribution is 8.93. The summed E-state index contributed by atoms with van der Waals surface area (Å²) in [4.78, 5) is 0. The van der Waals surface area contributed by atoms with Crippen LogP contribution in [0.25, 0.3) is 0 Å². The van der Waals surface area contributed by atoms with Crippen LogP contribution in [0.2, 0.25) is 0 Å². The van der Waals surface area contributed by atoms with E-state index >= 15 is 0 Å². The minimum Gasteiger partial charge on any atom is -0.381 e. The highest BCUT2D eigenvalue weighted by atomic mass is 79.9. The molecule has 0 saturated heterocycles. The van der Waals surface area contributed by atoms with Gasteiger partial charge in [-0.15, -0.1) is 17.0 Å². The number of hydrogen-bond donors (Lipinski definition) is 1. The summed E-state index contributed by atoms with van der Waals surface area (Å²) in [6.07, 6.45) is 14.9. The lowest BCUT2D eigenvalue weighted by Crippen LogP contribution is -2.04. The number of rotatable bonds is 14. The maximum Gasteiger partial charge on any atom is 0.0478 e. The Labute approximate surface area is 125 Å². The van der Waals surface area contributed by atoms with Crippen LogP contribution in [0.4, 0.5) is 0 Å². The van der Waals surface area contributed by atoms with E-state index in [1.54, 1.807) is 0 Å². The van der Waals surface area contributed by atoms with Gasteiger partial charge in [-0.05, 0) is 19.4 Å². The van der Waals surface area contributed by atoms with Crippen molar-refractivity contribution in [3.63, 3.8) is 0 Å². The molecule has 0 aliphatic carbocycles. The molecule has 0 bridgehead atoms. The van der Waals surface area contributed by atoms with Crippen molar-refractivity contribution >= 4 is 17.0 Å². The van der Waals surface area contributed by atoms with E-state index in [-0.39, 0.29) is 17.0 Å². The van der Waals surface area contributed by atoms with Gasteiger partial charge in [0.05, 0.1) is 0 Å². The lowest BCUT2D eigenvalue weighted by molar-refractivity contribution is 0.129. The summed E-state index contributed by atoms with van der Waals surface area (Å²) in [7, 11) is 0. The molecular formula is C15H34BrNO. The Kier molecular flexibility index (Phi) is 22.7. The van der Waals surface area contributed by atoms with Crippen molar-refractivity contribution in [2.75, 3.05) is 19.8 Å². The van der Waals surface area contributed by atoms with Crippen LogP contribution in [0.15, 0.2) is 0 Å². The molecule has 3 heteroatoms. The van der Waals surface area contributed by atoms with E-state index in [0.717, 1.165) is 26.2 Å². The fourth-order valence-corrected chi connectivity index (χ4v) is 1.98. The molecule has 0 radical (unpaired) electrons. The first-order valence-corrected chi connectivity index (χ1v) is 7.69. The monoisotopic (exact) mass is 323 g/mol. The van der Waals surface area contributed by atoms with Crippen molar-refractivity contribution in [1.82, 2.24) is 0 Å². The van der Waals surface area contributed by atoms with E-state index in [0.29, 0.717) is 0 Å². The summed E-state index contributed by atoms with van der Waals surface area (Å²) in [5.74, 6) is 0. The first kappa shape index (κ1) is 20.7. The van der Waals surface area contributed by atoms with Crippen molar-refractivity contribution in [2.45, 2.75) is 77.6 Å². The normalized spacial score (nSPS) is 10.3. The van der Waals surface area contributed by atoms with Crippen molar-refractivity contribution < 1.29 is 4.74 Å². The third kappa shape index (κ3) is 18.8. The molecule has 0 aliphatic rings. The second kappa shape index (κ2) is 19.7. The van der Waals surface area contributed by atoms with Gasteiger partial charge in [0.15, 0.2) is 0 Å².